The number of anilines is 4. The predicted octanol–water partition coefficient (Wildman–Crippen LogP) is 13.5. The van der Waals surface area contributed by atoms with E-state index in [0.29, 0.717) is 26.9 Å². The highest BCUT2D eigenvalue weighted by atomic mass is 32.1. The largest absolute Gasteiger partial charge is 0.472 e. The molecule has 384 valence electrons. The minimum atomic E-state index is -4.57. The Kier molecular flexibility index (Phi) is 19.2. The number of carbonyl (C=O) groups is 4. The molecule has 2 aromatic carbocycles. The van der Waals surface area contributed by atoms with Crippen LogP contribution in [0.2, 0.25) is 0 Å². The summed E-state index contributed by atoms with van der Waals surface area (Å²) in [7, 11) is 0. The highest BCUT2D eigenvalue weighted by molar-refractivity contribution is 7.18. The number of nitrogens with one attached hydrogen (secondary N) is 4. The molecular weight excluding hydrogens is 1080 g/mol. The number of amides is 4. The van der Waals surface area contributed by atoms with Gasteiger partial charge in [0.2, 0.25) is 0 Å². The predicted molar refractivity (Wildman–Crippen MR) is 276 cm³/mol. The molecule has 0 fully saturated rings. The van der Waals surface area contributed by atoms with Crippen LogP contribution in [-0.4, -0.2) is 43.3 Å². The summed E-state index contributed by atoms with van der Waals surface area (Å²) < 4.78 is 42.6. The first kappa shape index (κ1) is 56.4. The summed E-state index contributed by atoms with van der Waals surface area (Å²) >= 11 is 5.83. The Balaban J connectivity index is 0.000000184. The Morgan fingerprint density at radius 2 is 0.878 bits per heavy atom. The minimum absolute atomic E-state index is 0.00934. The molecule has 0 unspecified atom stereocenters. The van der Waals surface area contributed by atoms with Crippen molar-refractivity contribution in [2.75, 3.05) is 21.3 Å². The van der Waals surface area contributed by atoms with Crippen LogP contribution in [0.15, 0.2) is 119 Å². The second-order valence-corrected chi connectivity index (χ2v) is 20.5. The van der Waals surface area contributed by atoms with Crippen molar-refractivity contribution in [3.8, 4) is 0 Å². The molecule has 6 heterocycles. The molecule has 74 heavy (non-hydrogen) atoms. The summed E-state index contributed by atoms with van der Waals surface area (Å²) in [5.41, 5.74) is -0.901. The van der Waals surface area contributed by atoms with Crippen molar-refractivity contribution in [3.05, 3.63) is 202 Å². The lowest BCUT2D eigenvalue weighted by molar-refractivity contribution is -0.383. The third kappa shape index (κ3) is 15.7. The minimum Gasteiger partial charge on any atom is -0.472 e. The van der Waals surface area contributed by atoms with Gasteiger partial charge in [-0.05, 0) is 75.5 Å². The van der Waals surface area contributed by atoms with Crippen molar-refractivity contribution in [1.29, 1.82) is 0 Å². The quantitative estimate of drug-likeness (QED) is 0.0654. The fraction of sp³-hybridized carbons (Fsp3) is 0.111. The van der Waals surface area contributed by atoms with Gasteiger partial charge in [-0.2, -0.15) is 13.2 Å². The van der Waals surface area contributed by atoms with E-state index in [1.807, 2.05) is 0 Å². The monoisotopic (exact) mass is 1110 g/mol. The normalized spacial score (nSPS) is 10.5. The first-order valence-corrected chi connectivity index (χ1v) is 24.6. The Labute approximate surface area is 434 Å². The third-order valence-electron chi connectivity index (χ3n) is 9.05. The molecule has 21 nitrogen and oxygen atoms in total. The zero-order valence-corrected chi connectivity index (χ0v) is 42.3. The number of alkyl halides is 3. The smallest absolute Gasteiger partial charge is 0.416 e. The third-order valence-corrected chi connectivity index (χ3v) is 13.7. The Hall–Kier alpha value is -8.51. The van der Waals surface area contributed by atoms with E-state index < -0.39 is 43.2 Å². The summed E-state index contributed by atoms with van der Waals surface area (Å²) in [5, 5.41) is 55.6. The number of thiophene rings is 5. The first-order valence-electron chi connectivity index (χ1n) is 20.4. The second kappa shape index (κ2) is 25.2. The van der Waals surface area contributed by atoms with Crippen molar-refractivity contribution >= 4 is 123 Å². The van der Waals surface area contributed by atoms with Crippen molar-refractivity contribution in [3.63, 3.8) is 0 Å². The molecule has 8 rings (SSSR count). The number of hydrogen-bond donors (Lipinski definition) is 4. The Morgan fingerprint density at radius 1 is 0.486 bits per heavy atom. The maximum Gasteiger partial charge on any atom is 0.416 e. The molecule has 4 N–H and O–H groups in total. The number of carbonyl (C=O) groups excluding carboxylic acids is 4. The van der Waals surface area contributed by atoms with Crippen LogP contribution in [0.5, 0.6) is 0 Å². The summed E-state index contributed by atoms with van der Waals surface area (Å²) in [6, 6.07) is 23.0. The van der Waals surface area contributed by atoms with Crippen LogP contribution in [-0.2, 0) is 6.18 Å². The Bertz CT molecular complexity index is 3230. The van der Waals surface area contributed by atoms with Crippen LogP contribution in [0.1, 0.15) is 65.8 Å². The van der Waals surface area contributed by atoms with E-state index in [1.165, 1.54) is 82.9 Å². The van der Waals surface area contributed by atoms with E-state index in [0.717, 1.165) is 49.4 Å². The number of furan rings is 1. The van der Waals surface area contributed by atoms with Crippen LogP contribution < -0.4 is 21.3 Å². The van der Waals surface area contributed by atoms with Gasteiger partial charge in [0.1, 0.15) is 6.26 Å². The van der Waals surface area contributed by atoms with Crippen LogP contribution in [0.3, 0.4) is 0 Å². The molecule has 0 aliphatic rings. The lowest BCUT2D eigenvalue weighted by atomic mass is 10.1. The van der Waals surface area contributed by atoms with Gasteiger partial charge in [0.15, 0.2) is 20.0 Å². The SMILES string of the molecule is Cc1cc([N+](=O)[O-])c(NC(=O)c2cccc(C(F)(F)F)c2)s1.Cc1cc([N+](=O)[O-])c(NC(=O)c2ccccc2)s1.Cc1cc([N+](=O)[O-])c(NC(=O)c2cccs2)s1.Cc1cc([N+](=O)[O-])c(NC(=O)c2ccoc2)s1. The summed E-state index contributed by atoms with van der Waals surface area (Å²) in [6.45, 7) is 6.89. The van der Waals surface area contributed by atoms with E-state index in [4.69, 9.17) is 4.42 Å². The number of rotatable bonds is 12. The molecule has 29 heteroatoms. The lowest BCUT2D eigenvalue weighted by Crippen LogP contribution is -2.13. The number of nitro groups is 4. The van der Waals surface area contributed by atoms with Gasteiger partial charge in [-0.3, -0.25) is 59.6 Å². The average molecular weight is 1110 g/mol. The molecule has 6 aromatic heterocycles. The van der Waals surface area contributed by atoms with Gasteiger partial charge in [-0.15, -0.1) is 56.7 Å². The van der Waals surface area contributed by atoms with Gasteiger partial charge in [0, 0.05) is 54.9 Å². The number of benzene rings is 2. The lowest BCUT2D eigenvalue weighted by Gasteiger charge is -2.08. The van der Waals surface area contributed by atoms with Gasteiger partial charge in [-0.1, -0.05) is 30.3 Å². The highest BCUT2D eigenvalue weighted by Gasteiger charge is 2.31. The van der Waals surface area contributed by atoms with Crippen LogP contribution in [0, 0.1) is 68.2 Å². The molecule has 0 aliphatic carbocycles. The van der Waals surface area contributed by atoms with Crippen LogP contribution in [0.25, 0.3) is 0 Å². The fourth-order valence-electron chi connectivity index (χ4n) is 5.82. The standard InChI is InChI=1S/C13H9F3N2O3S.C12H10N2O3S.C10H8N2O4S.C10H8N2O3S2/c1-7-5-10(18(20)21)12(22-7)17-11(19)8-3-2-4-9(6-8)13(14,15)16;1-8-7-10(14(16)17)12(18-8)13-11(15)9-5-3-2-4-6-9;1-6-4-8(12(14)15)10(17-6)11-9(13)7-2-3-16-5-7;1-6-5-7(12(14)15)10(17-6)11-9(13)8-3-2-4-16-8/h2-6H,1H3,(H,17,19);2-7H,1H3,(H,13,15);2*2-5H,1H3,(H,11,13). The van der Waals surface area contributed by atoms with E-state index >= 15 is 0 Å². The molecular formula is C45H35F3N8O13S5. The fourth-order valence-corrected chi connectivity index (χ4v) is 9.94. The van der Waals surface area contributed by atoms with Gasteiger partial charge in [0.25, 0.3) is 23.6 Å². The van der Waals surface area contributed by atoms with Gasteiger partial charge in [-0.25, -0.2) is 0 Å². The highest BCUT2D eigenvalue weighted by Crippen LogP contribution is 2.38. The number of nitrogens with zero attached hydrogens (tertiary/aromatic N) is 4. The zero-order chi connectivity index (χ0) is 54.4. The molecule has 0 spiro atoms. The first-order chi connectivity index (χ1) is 34.9. The number of aryl methyl sites for hydroxylation is 4. The van der Waals surface area contributed by atoms with Crippen molar-refractivity contribution in [2.24, 2.45) is 0 Å². The molecule has 0 atom stereocenters. The van der Waals surface area contributed by atoms with Gasteiger partial charge in [0.05, 0.1) is 42.0 Å². The van der Waals surface area contributed by atoms with Crippen molar-refractivity contribution < 1.29 is 56.5 Å². The molecule has 0 bridgehead atoms. The molecule has 0 saturated heterocycles. The van der Waals surface area contributed by atoms with Gasteiger partial charge >= 0.3 is 28.9 Å². The summed E-state index contributed by atoms with van der Waals surface area (Å²) in [6.07, 6.45) is -1.92. The van der Waals surface area contributed by atoms with Crippen molar-refractivity contribution in [1.82, 2.24) is 0 Å². The van der Waals surface area contributed by atoms with E-state index in [-0.39, 0.29) is 60.1 Å². The maximum atomic E-state index is 12.6. The molecule has 4 amide bonds. The molecule has 0 radical (unpaired) electrons. The van der Waals surface area contributed by atoms with Crippen LogP contribution >= 0.6 is 56.7 Å². The summed E-state index contributed by atoms with van der Waals surface area (Å²) in [4.78, 5) is 91.7. The average Bonchev–Trinajstić information content (AvgIpc) is 4.22. The van der Waals surface area contributed by atoms with E-state index in [1.54, 1.807) is 75.5 Å². The molecule has 0 saturated carbocycles. The Morgan fingerprint density at radius 3 is 1.24 bits per heavy atom. The zero-order valence-electron chi connectivity index (χ0n) is 38.2. The molecule has 8 aromatic rings. The maximum absolute atomic E-state index is 12.6. The number of hydrogen-bond acceptors (Lipinski definition) is 18. The topological polar surface area (TPSA) is 302 Å². The second-order valence-electron chi connectivity index (χ2n) is 14.6. The summed E-state index contributed by atoms with van der Waals surface area (Å²) in [5.74, 6) is -1.93. The number of halogens is 3. The van der Waals surface area contributed by atoms with E-state index in [2.05, 4.69) is 21.3 Å². The van der Waals surface area contributed by atoms with Gasteiger partial charge < -0.3 is 25.7 Å². The van der Waals surface area contributed by atoms with E-state index in [9.17, 15) is 72.8 Å². The van der Waals surface area contributed by atoms with Crippen molar-refractivity contribution in [2.45, 2.75) is 33.9 Å². The van der Waals surface area contributed by atoms with Crippen LogP contribution in [0.4, 0.5) is 55.9 Å². The molecule has 0 aliphatic heterocycles.